The molecule has 1 atom stereocenters. The molecule has 3 aromatic heterocycles. The Bertz CT molecular complexity index is 1160. The van der Waals surface area contributed by atoms with Crippen LogP contribution in [0.2, 0.25) is 0 Å². The van der Waals surface area contributed by atoms with E-state index in [1.54, 1.807) is 11.6 Å². The van der Waals surface area contributed by atoms with Crippen LogP contribution in [-0.4, -0.2) is 49.6 Å². The number of anilines is 2. The summed E-state index contributed by atoms with van der Waals surface area (Å²) in [6.07, 6.45) is 6.08. The van der Waals surface area contributed by atoms with Crippen LogP contribution in [0.15, 0.2) is 30.6 Å². The van der Waals surface area contributed by atoms with Crippen molar-refractivity contribution in [2.75, 3.05) is 30.8 Å². The Balaban J connectivity index is 1.54. The molecular formula is C19H22N8O. The van der Waals surface area contributed by atoms with Crippen molar-refractivity contribution in [1.82, 2.24) is 29.4 Å². The fraction of sp³-hybridized carbons (Fsp3) is 0.368. The molecule has 1 aliphatic heterocycles. The first-order valence-electron chi connectivity index (χ1n) is 9.36. The Morgan fingerprint density at radius 3 is 2.93 bits per heavy atom. The molecule has 4 aromatic rings. The van der Waals surface area contributed by atoms with E-state index < -0.39 is 0 Å². The zero-order valence-electron chi connectivity index (χ0n) is 15.9. The summed E-state index contributed by atoms with van der Waals surface area (Å²) in [6.45, 7) is 1.88. The second-order valence-corrected chi connectivity index (χ2v) is 7.22. The van der Waals surface area contributed by atoms with Crippen LogP contribution in [0.5, 0.6) is 5.75 Å². The predicted octanol–water partition coefficient (Wildman–Crippen LogP) is 1.99. The lowest BCUT2D eigenvalue weighted by Crippen LogP contribution is -2.34. The number of nitrogen functional groups attached to an aromatic ring is 1. The maximum absolute atomic E-state index is 6.16. The number of piperidine rings is 1. The van der Waals surface area contributed by atoms with Crippen molar-refractivity contribution >= 4 is 28.2 Å². The van der Waals surface area contributed by atoms with Crippen LogP contribution in [0.1, 0.15) is 24.6 Å². The molecule has 0 aliphatic carbocycles. The lowest BCUT2D eigenvalue weighted by molar-refractivity contribution is 0.415. The Labute approximate surface area is 161 Å². The highest BCUT2D eigenvalue weighted by molar-refractivity contribution is 5.93. The van der Waals surface area contributed by atoms with Gasteiger partial charge in [-0.05, 0) is 25.0 Å². The lowest BCUT2D eigenvalue weighted by atomic mass is 9.97. The summed E-state index contributed by atoms with van der Waals surface area (Å²) < 4.78 is 8.77. The number of fused-ring (bicyclic) bond motifs is 3. The van der Waals surface area contributed by atoms with Gasteiger partial charge in [0.25, 0.3) is 0 Å². The number of aromatic nitrogens is 6. The van der Waals surface area contributed by atoms with Gasteiger partial charge in [0.05, 0.1) is 24.5 Å². The smallest absolute Gasteiger partial charge is 0.223 e. The molecule has 144 valence electrons. The number of nitrogens with two attached hydrogens (primary N) is 1. The zero-order valence-corrected chi connectivity index (χ0v) is 15.9. The highest BCUT2D eigenvalue weighted by Gasteiger charge is 2.26. The van der Waals surface area contributed by atoms with E-state index in [1.165, 1.54) is 0 Å². The molecule has 9 heteroatoms. The molecule has 0 bridgehead atoms. The van der Waals surface area contributed by atoms with Crippen LogP contribution >= 0.6 is 0 Å². The number of ether oxygens (including phenoxy) is 1. The highest BCUT2D eigenvalue weighted by atomic mass is 16.5. The Morgan fingerprint density at radius 1 is 1.25 bits per heavy atom. The van der Waals surface area contributed by atoms with Crippen LogP contribution in [-0.2, 0) is 7.05 Å². The van der Waals surface area contributed by atoms with Crippen LogP contribution in [0.3, 0.4) is 0 Å². The van der Waals surface area contributed by atoms with E-state index >= 15 is 0 Å². The van der Waals surface area contributed by atoms with Crippen molar-refractivity contribution in [2.24, 2.45) is 7.05 Å². The largest absolute Gasteiger partial charge is 0.497 e. The normalized spacial score (nSPS) is 17.5. The number of aryl methyl sites for hydroxylation is 1. The second-order valence-electron chi connectivity index (χ2n) is 7.22. The Hall–Kier alpha value is -3.36. The molecule has 0 spiro atoms. The first-order chi connectivity index (χ1) is 13.6. The molecule has 9 nitrogen and oxygen atoms in total. The van der Waals surface area contributed by atoms with Gasteiger partial charge < -0.3 is 15.4 Å². The molecule has 1 aliphatic rings. The highest BCUT2D eigenvalue weighted by Crippen LogP contribution is 2.30. The molecule has 5 rings (SSSR count). The van der Waals surface area contributed by atoms with Gasteiger partial charge in [0.2, 0.25) is 5.95 Å². The van der Waals surface area contributed by atoms with Gasteiger partial charge in [0, 0.05) is 43.7 Å². The number of hydrogen-bond acceptors (Lipinski definition) is 7. The molecule has 1 aromatic carbocycles. The van der Waals surface area contributed by atoms with E-state index in [0.717, 1.165) is 59.7 Å². The van der Waals surface area contributed by atoms with Gasteiger partial charge in [0.15, 0.2) is 11.5 Å². The third-order valence-corrected chi connectivity index (χ3v) is 5.36. The number of nitrogens with zero attached hydrogens (tertiary/aromatic N) is 7. The van der Waals surface area contributed by atoms with Crippen LogP contribution in [0, 0.1) is 0 Å². The minimum atomic E-state index is 0.238. The molecule has 1 fully saturated rings. The van der Waals surface area contributed by atoms with Crippen LogP contribution in [0.4, 0.5) is 11.6 Å². The molecular weight excluding hydrogens is 356 g/mol. The summed E-state index contributed by atoms with van der Waals surface area (Å²) in [5, 5.41) is 9.90. The van der Waals surface area contributed by atoms with Gasteiger partial charge in [-0.3, -0.25) is 4.68 Å². The molecule has 0 unspecified atom stereocenters. The van der Waals surface area contributed by atoms with Gasteiger partial charge in [-0.25, -0.2) is 9.97 Å². The fourth-order valence-electron chi connectivity index (χ4n) is 3.92. The number of methoxy groups -OCH3 is 1. The van der Waals surface area contributed by atoms with Crippen molar-refractivity contribution < 1.29 is 4.74 Å². The molecule has 28 heavy (non-hydrogen) atoms. The van der Waals surface area contributed by atoms with Gasteiger partial charge >= 0.3 is 0 Å². The van der Waals surface area contributed by atoms with Gasteiger partial charge in [-0.2, -0.15) is 9.61 Å². The maximum atomic E-state index is 6.16. The average Bonchev–Trinajstić information content (AvgIpc) is 3.35. The molecule has 4 heterocycles. The molecule has 0 radical (unpaired) electrons. The molecule has 2 N–H and O–H groups in total. The minimum absolute atomic E-state index is 0.238. The van der Waals surface area contributed by atoms with E-state index in [9.17, 15) is 0 Å². The predicted molar refractivity (Wildman–Crippen MR) is 107 cm³/mol. The Morgan fingerprint density at radius 2 is 2.14 bits per heavy atom. The zero-order chi connectivity index (χ0) is 19.3. The van der Waals surface area contributed by atoms with E-state index in [1.807, 2.05) is 42.3 Å². The number of rotatable bonds is 3. The van der Waals surface area contributed by atoms with Crippen LogP contribution < -0.4 is 15.4 Å². The van der Waals surface area contributed by atoms with E-state index in [2.05, 4.69) is 15.0 Å². The molecule has 1 saturated heterocycles. The Kier molecular flexibility index (Phi) is 3.81. The van der Waals surface area contributed by atoms with Crippen LogP contribution in [0.25, 0.3) is 16.6 Å². The van der Waals surface area contributed by atoms with Gasteiger partial charge in [0.1, 0.15) is 5.75 Å². The van der Waals surface area contributed by atoms with E-state index in [4.69, 9.17) is 20.6 Å². The number of benzene rings is 1. The van der Waals surface area contributed by atoms with Crippen molar-refractivity contribution in [2.45, 2.75) is 18.8 Å². The number of hydrogen-bond donors (Lipinski definition) is 1. The van der Waals surface area contributed by atoms with Crippen molar-refractivity contribution in [3.63, 3.8) is 0 Å². The minimum Gasteiger partial charge on any atom is -0.497 e. The standard InChI is InChI=1S/C19H22N8O/c1-25-11-13(9-21-25)26-7-3-4-12(10-26)17-23-18-15-6-5-14(28-2)8-16(15)22-19(20)27(18)24-17/h5-6,8-9,11-12H,3-4,7,10H2,1-2H3,(H2,20,22)/t12-/m1/s1. The SMILES string of the molecule is COc1ccc2c(c1)nc(N)n1nc([C@@H]3CCCN(c4cnn(C)c4)C3)nc21. The topological polar surface area (TPSA) is 99.4 Å². The van der Waals surface area contributed by atoms with Gasteiger partial charge in [-0.15, -0.1) is 5.10 Å². The monoisotopic (exact) mass is 378 g/mol. The molecule has 0 saturated carbocycles. The van der Waals surface area contributed by atoms with E-state index in [0.29, 0.717) is 5.95 Å². The summed E-state index contributed by atoms with van der Waals surface area (Å²) in [6, 6.07) is 5.72. The summed E-state index contributed by atoms with van der Waals surface area (Å²) in [4.78, 5) is 11.7. The molecule has 0 amide bonds. The fourth-order valence-corrected chi connectivity index (χ4v) is 3.92. The van der Waals surface area contributed by atoms with Crippen molar-refractivity contribution in [3.8, 4) is 5.75 Å². The van der Waals surface area contributed by atoms with Crippen molar-refractivity contribution in [3.05, 3.63) is 36.4 Å². The first kappa shape index (κ1) is 16.8. The maximum Gasteiger partial charge on any atom is 0.223 e. The third-order valence-electron chi connectivity index (χ3n) is 5.36. The summed E-state index contributed by atoms with van der Waals surface area (Å²) in [5.41, 5.74) is 8.79. The van der Waals surface area contributed by atoms with Gasteiger partial charge in [-0.1, -0.05) is 0 Å². The average molecular weight is 378 g/mol. The summed E-state index contributed by atoms with van der Waals surface area (Å²) in [7, 11) is 3.57. The lowest BCUT2D eigenvalue weighted by Gasteiger charge is -2.32. The van der Waals surface area contributed by atoms with Crippen molar-refractivity contribution in [1.29, 1.82) is 0 Å². The second kappa shape index (κ2) is 6.36. The summed E-state index contributed by atoms with van der Waals surface area (Å²) in [5.74, 6) is 2.12. The quantitative estimate of drug-likeness (QED) is 0.582. The first-order valence-corrected chi connectivity index (χ1v) is 9.36. The third kappa shape index (κ3) is 2.70. The van der Waals surface area contributed by atoms with E-state index in [-0.39, 0.29) is 5.92 Å². The summed E-state index contributed by atoms with van der Waals surface area (Å²) >= 11 is 0.